The zero-order chi connectivity index (χ0) is 12.6. The van der Waals surface area contributed by atoms with Crippen molar-refractivity contribution in [3.05, 3.63) is 42.0 Å². The molecule has 2 aliphatic rings. The van der Waals surface area contributed by atoms with Crippen LogP contribution in [0.15, 0.2) is 41.4 Å². The lowest BCUT2D eigenvalue weighted by Crippen LogP contribution is -2.04. The van der Waals surface area contributed by atoms with E-state index in [1.54, 1.807) is 0 Å². The van der Waals surface area contributed by atoms with E-state index >= 15 is 0 Å². The molecule has 0 saturated heterocycles. The molecule has 3 rings (SSSR count). The first-order valence-electron chi connectivity index (χ1n) is 6.97. The van der Waals surface area contributed by atoms with Gasteiger partial charge in [0.2, 0.25) is 0 Å². The van der Waals surface area contributed by atoms with Crippen molar-refractivity contribution in [1.82, 2.24) is 0 Å². The molecule has 1 nitrogen and oxygen atoms in total. The van der Waals surface area contributed by atoms with Crippen LogP contribution in [0.25, 0.3) is 5.70 Å². The van der Waals surface area contributed by atoms with E-state index in [2.05, 4.69) is 50.3 Å². The quantitative estimate of drug-likeness (QED) is 0.673. The Balaban J connectivity index is 1.94. The number of aliphatic imine (C=N–C) groups is 1. The van der Waals surface area contributed by atoms with Crippen LogP contribution in [0.1, 0.15) is 45.1 Å². The number of allylic oxidation sites excluding steroid dienone is 1. The van der Waals surface area contributed by atoms with Gasteiger partial charge in [0, 0.05) is 5.71 Å². The lowest BCUT2D eigenvalue weighted by Gasteiger charge is -2.15. The summed E-state index contributed by atoms with van der Waals surface area (Å²) in [4.78, 5) is 4.98. The maximum atomic E-state index is 4.98. The highest BCUT2D eigenvalue weighted by Crippen LogP contribution is 2.43. The van der Waals surface area contributed by atoms with Crippen molar-refractivity contribution in [2.45, 2.75) is 39.5 Å². The van der Waals surface area contributed by atoms with Gasteiger partial charge in [-0.05, 0) is 42.6 Å². The molecule has 0 N–H and O–H groups in total. The lowest BCUT2D eigenvalue weighted by atomic mass is 9.89. The highest BCUT2D eigenvalue weighted by Gasteiger charge is 2.36. The molecule has 0 amide bonds. The predicted molar refractivity (Wildman–Crippen MR) is 77.6 cm³/mol. The predicted octanol–water partition coefficient (Wildman–Crippen LogP) is 4.70. The zero-order valence-corrected chi connectivity index (χ0v) is 11.3. The van der Waals surface area contributed by atoms with Gasteiger partial charge < -0.3 is 0 Å². The summed E-state index contributed by atoms with van der Waals surface area (Å²) in [6.45, 7) is 4.74. The highest BCUT2D eigenvalue weighted by molar-refractivity contribution is 5.94. The van der Waals surface area contributed by atoms with E-state index in [1.165, 1.54) is 36.2 Å². The summed E-state index contributed by atoms with van der Waals surface area (Å²) in [5.41, 5.74) is 4.33. The molecule has 0 spiro atoms. The van der Waals surface area contributed by atoms with Gasteiger partial charge in [-0.25, -0.2) is 0 Å². The largest absolute Gasteiger partial charge is 0.257 e. The molecule has 1 atom stereocenters. The fourth-order valence-corrected chi connectivity index (χ4v) is 3.30. The van der Waals surface area contributed by atoms with Crippen molar-refractivity contribution in [3.8, 4) is 0 Å². The Hall–Kier alpha value is -1.37. The molecule has 0 radical (unpaired) electrons. The van der Waals surface area contributed by atoms with E-state index in [-0.39, 0.29) is 0 Å². The van der Waals surface area contributed by atoms with Gasteiger partial charge in [0.25, 0.3) is 0 Å². The van der Waals surface area contributed by atoms with Crippen LogP contribution >= 0.6 is 0 Å². The molecule has 1 aromatic carbocycles. The molecule has 1 aliphatic heterocycles. The first-order chi connectivity index (χ1) is 8.64. The summed E-state index contributed by atoms with van der Waals surface area (Å²) in [6.07, 6.45) is 7.23. The van der Waals surface area contributed by atoms with Crippen LogP contribution in [-0.2, 0) is 0 Å². The fraction of sp³-hybridized carbons (Fsp3) is 0.471. The van der Waals surface area contributed by atoms with Crippen molar-refractivity contribution >= 4 is 11.4 Å². The van der Waals surface area contributed by atoms with Crippen LogP contribution in [-0.4, -0.2) is 5.71 Å². The zero-order valence-electron chi connectivity index (χ0n) is 11.3. The minimum atomic E-state index is 0.447. The van der Waals surface area contributed by atoms with Gasteiger partial charge in [-0.3, -0.25) is 4.99 Å². The van der Waals surface area contributed by atoms with Gasteiger partial charge in [-0.15, -0.1) is 0 Å². The van der Waals surface area contributed by atoms with Gasteiger partial charge in [-0.2, -0.15) is 0 Å². The van der Waals surface area contributed by atoms with Gasteiger partial charge in [0.15, 0.2) is 0 Å². The smallest absolute Gasteiger partial charge is 0.0661 e. The molecule has 18 heavy (non-hydrogen) atoms. The molecule has 1 fully saturated rings. The van der Waals surface area contributed by atoms with Crippen LogP contribution < -0.4 is 0 Å². The molecule has 0 aromatic heterocycles. The van der Waals surface area contributed by atoms with E-state index in [9.17, 15) is 0 Å². The minimum Gasteiger partial charge on any atom is -0.257 e. The molecular weight excluding hydrogens is 218 g/mol. The average molecular weight is 239 g/mol. The minimum absolute atomic E-state index is 0.447. The Kier molecular flexibility index (Phi) is 2.85. The Morgan fingerprint density at radius 3 is 2.72 bits per heavy atom. The lowest BCUT2D eigenvalue weighted by molar-refractivity contribution is 0.355. The second-order valence-corrected chi connectivity index (χ2v) is 6.38. The molecule has 1 heteroatoms. The van der Waals surface area contributed by atoms with E-state index in [0.717, 1.165) is 12.3 Å². The summed E-state index contributed by atoms with van der Waals surface area (Å²) in [6, 6.07) is 10.6. The molecule has 1 saturated carbocycles. The molecule has 1 aliphatic carbocycles. The highest BCUT2D eigenvalue weighted by atomic mass is 14.8. The van der Waals surface area contributed by atoms with Crippen molar-refractivity contribution in [2.24, 2.45) is 16.3 Å². The van der Waals surface area contributed by atoms with Crippen molar-refractivity contribution in [1.29, 1.82) is 0 Å². The number of benzene rings is 1. The van der Waals surface area contributed by atoms with Crippen molar-refractivity contribution < 1.29 is 0 Å². The first kappa shape index (κ1) is 11.7. The molecular formula is C17H21N. The van der Waals surface area contributed by atoms with Gasteiger partial charge in [0.1, 0.15) is 0 Å². The third-order valence-electron chi connectivity index (χ3n) is 4.12. The van der Waals surface area contributed by atoms with Crippen LogP contribution in [0.4, 0.5) is 0 Å². The third kappa shape index (κ3) is 2.27. The number of hydrogen-bond acceptors (Lipinski definition) is 1. The molecule has 1 unspecified atom stereocenters. The van der Waals surface area contributed by atoms with Crippen LogP contribution in [0.2, 0.25) is 0 Å². The van der Waals surface area contributed by atoms with E-state index in [1.807, 2.05) is 0 Å². The number of hydrogen-bond donors (Lipinski definition) is 0. The Morgan fingerprint density at radius 2 is 1.94 bits per heavy atom. The number of rotatable bonds is 1. The maximum Gasteiger partial charge on any atom is 0.0661 e. The summed E-state index contributed by atoms with van der Waals surface area (Å²) >= 11 is 0. The first-order valence-corrected chi connectivity index (χ1v) is 6.97. The number of nitrogens with zero attached hydrogens (tertiary/aromatic N) is 1. The fourth-order valence-electron chi connectivity index (χ4n) is 3.30. The second kappa shape index (κ2) is 4.38. The van der Waals surface area contributed by atoms with Crippen LogP contribution in [0.3, 0.4) is 0 Å². The molecule has 1 heterocycles. The van der Waals surface area contributed by atoms with E-state index < -0.39 is 0 Å². The molecule has 1 aromatic rings. The molecule has 94 valence electrons. The normalized spacial score (nSPS) is 26.0. The van der Waals surface area contributed by atoms with E-state index in [0.29, 0.717) is 5.41 Å². The van der Waals surface area contributed by atoms with Crippen LogP contribution in [0, 0.1) is 11.3 Å². The SMILES string of the molecule is CC1(C)CC2=NC(c3ccccc3)=CCCC2C1. The van der Waals surface area contributed by atoms with Crippen molar-refractivity contribution in [2.75, 3.05) is 0 Å². The standard InChI is InChI=1S/C17H21N/c1-17(2)11-14-9-6-10-15(18-16(14)12-17)13-7-4-3-5-8-13/h3-5,7-8,10,14H,6,9,11-12H2,1-2H3. The topological polar surface area (TPSA) is 12.4 Å². The third-order valence-corrected chi connectivity index (χ3v) is 4.12. The Labute approximate surface area is 110 Å². The summed E-state index contributed by atoms with van der Waals surface area (Å²) in [7, 11) is 0. The summed E-state index contributed by atoms with van der Waals surface area (Å²) in [5.74, 6) is 0.720. The van der Waals surface area contributed by atoms with Gasteiger partial charge in [-0.1, -0.05) is 50.3 Å². The van der Waals surface area contributed by atoms with Gasteiger partial charge in [0.05, 0.1) is 5.70 Å². The molecule has 0 bridgehead atoms. The maximum absolute atomic E-state index is 4.98. The Bertz CT molecular complexity index is 494. The van der Waals surface area contributed by atoms with E-state index in [4.69, 9.17) is 4.99 Å². The second-order valence-electron chi connectivity index (χ2n) is 6.38. The van der Waals surface area contributed by atoms with Crippen molar-refractivity contribution in [3.63, 3.8) is 0 Å². The van der Waals surface area contributed by atoms with Gasteiger partial charge >= 0.3 is 0 Å². The monoisotopic (exact) mass is 239 g/mol. The summed E-state index contributed by atoms with van der Waals surface area (Å²) in [5, 5.41) is 0. The summed E-state index contributed by atoms with van der Waals surface area (Å²) < 4.78 is 0. The average Bonchev–Trinajstić information content (AvgIpc) is 2.52. The number of fused-ring (bicyclic) bond motifs is 1. The van der Waals surface area contributed by atoms with Crippen LogP contribution in [0.5, 0.6) is 0 Å². The Morgan fingerprint density at radius 1 is 1.17 bits per heavy atom.